The summed E-state index contributed by atoms with van der Waals surface area (Å²) < 4.78 is 46.5. The number of hydrogen-bond acceptors (Lipinski definition) is 11. The number of amides is 3. The number of imidazole rings is 1. The highest BCUT2D eigenvalue weighted by Gasteiger charge is 2.40. The van der Waals surface area contributed by atoms with Gasteiger partial charge in [-0.05, 0) is 75.5 Å². The minimum Gasteiger partial charge on any atom is -0.374 e. The van der Waals surface area contributed by atoms with Crippen LogP contribution in [-0.2, 0) is 26.1 Å². The van der Waals surface area contributed by atoms with Crippen molar-refractivity contribution in [3.8, 4) is 11.8 Å². The molecule has 4 aromatic heterocycles. The molecule has 5 aliphatic rings. The molecule has 10 rings (SSSR count). The van der Waals surface area contributed by atoms with E-state index < -0.39 is 30.0 Å². The first-order chi connectivity index (χ1) is 30.6. The van der Waals surface area contributed by atoms with Gasteiger partial charge in [-0.2, -0.15) is 10.2 Å². The van der Waals surface area contributed by atoms with E-state index in [1.165, 1.54) is 26.0 Å². The number of aromatic nitrogens is 7. The van der Waals surface area contributed by atoms with Gasteiger partial charge in [-0.3, -0.25) is 33.5 Å². The number of nitrogens with one attached hydrogen (secondary N) is 2. The van der Waals surface area contributed by atoms with Gasteiger partial charge in [0.2, 0.25) is 11.8 Å². The molecule has 2 unspecified atom stereocenters. The maximum absolute atomic E-state index is 14.3. The molecule has 5 aromatic rings. The van der Waals surface area contributed by atoms with E-state index in [0.717, 1.165) is 76.9 Å². The Hall–Kier alpha value is -5.97. The number of para-hydroxylation sites is 1. The summed E-state index contributed by atoms with van der Waals surface area (Å²) in [6.45, 7) is 4.40. The van der Waals surface area contributed by atoms with Gasteiger partial charge >= 0.3 is 5.69 Å². The standard InChI is InChI=1S/C44H49F2N11O6/c1-52-39-27(4-2-6-34(39)57(44(52)61)35-11-12-37(58)50-43(35)60)5-3-19-62-30-13-16-53(17-14-30)22-26-7-9-28(10-8-26)56-24-33(38(51-56)40(45)46)48-42(59)32-21-47-55-18-15-36(49-41(32)55)54-23-31-20-29(54)25-63-31/h2,4,6,15,18,21,24,26,28-31,35,40H,7-14,16-17,19-20,22-23,25H2,1H3,(H,48,59)(H,50,58,60)/t26-,28-,29-,31?,35?/m0/s1. The van der Waals surface area contributed by atoms with Crippen molar-refractivity contribution in [2.24, 2.45) is 13.0 Å². The molecular weight excluding hydrogens is 817 g/mol. The summed E-state index contributed by atoms with van der Waals surface area (Å²) in [6, 6.07) is 6.73. The lowest BCUT2D eigenvalue weighted by Crippen LogP contribution is -2.44. The zero-order valence-electron chi connectivity index (χ0n) is 34.9. The number of alkyl halides is 2. The molecule has 2 N–H and O–H groups in total. The van der Waals surface area contributed by atoms with Gasteiger partial charge in [0.15, 0.2) is 11.3 Å². The van der Waals surface area contributed by atoms with Crippen LogP contribution in [0.5, 0.6) is 0 Å². The molecule has 0 spiro atoms. The molecule has 4 saturated heterocycles. The normalized spacial score (nSPS) is 24.4. The molecule has 1 aromatic carbocycles. The van der Waals surface area contributed by atoms with Crippen LogP contribution >= 0.6 is 0 Å². The largest absolute Gasteiger partial charge is 0.374 e. The van der Waals surface area contributed by atoms with Crippen LogP contribution in [-0.4, -0.2) is 114 Å². The second-order valence-corrected chi connectivity index (χ2v) is 17.4. The fourth-order valence-electron chi connectivity index (χ4n) is 10.2. The van der Waals surface area contributed by atoms with Gasteiger partial charge in [0.25, 0.3) is 12.3 Å². The quantitative estimate of drug-likeness (QED) is 0.154. The predicted octanol–water partition coefficient (Wildman–Crippen LogP) is 3.99. The number of anilines is 2. The number of imide groups is 1. The van der Waals surface area contributed by atoms with E-state index in [1.54, 1.807) is 24.0 Å². The maximum atomic E-state index is 14.3. The lowest BCUT2D eigenvalue weighted by atomic mass is 9.85. The summed E-state index contributed by atoms with van der Waals surface area (Å²) in [5, 5.41) is 13.6. The first-order valence-electron chi connectivity index (χ1n) is 21.9. The third-order valence-corrected chi connectivity index (χ3v) is 13.5. The average molecular weight is 866 g/mol. The second kappa shape index (κ2) is 17.0. The molecule has 17 nitrogen and oxygen atoms in total. The number of benzene rings is 1. The third kappa shape index (κ3) is 8.00. The molecule has 19 heteroatoms. The molecule has 1 aliphatic carbocycles. The minimum atomic E-state index is -2.86. The van der Waals surface area contributed by atoms with E-state index in [-0.39, 0.29) is 66.6 Å². The van der Waals surface area contributed by atoms with Crippen molar-refractivity contribution in [2.75, 3.05) is 49.6 Å². The van der Waals surface area contributed by atoms with Crippen molar-refractivity contribution >= 4 is 45.9 Å². The van der Waals surface area contributed by atoms with Gasteiger partial charge in [-0.15, -0.1) is 0 Å². The molecule has 8 heterocycles. The number of carbonyl (C=O) groups is 3. The van der Waals surface area contributed by atoms with Crippen LogP contribution in [0.15, 0.2) is 47.7 Å². The van der Waals surface area contributed by atoms with Crippen molar-refractivity contribution in [3.63, 3.8) is 0 Å². The van der Waals surface area contributed by atoms with Crippen molar-refractivity contribution in [3.05, 3.63) is 70.2 Å². The van der Waals surface area contributed by atoms with Gasteiger partial charge in [0.05, 0.1) is 59.4 Å². The second-order valence-electron chi connectivity index (χ2n) is 17.4. The van der Waals surface area contributed by atoms with E-state index in [1.807, 2.05) is 18.2 Å². The Morgan fingerprint density at radius 3 is 2.63 bits per heavy atom. The highest BCUT2D eigenvalue weighted by Crippen LogP contribution is 2.36. The monoisotopic (exact) mass is 865 g/mol. The van der Waals surface area contributed by atoms with Crippen LogP contribution < -0.4 is 21.2 Å². The maximum Gasteiger partial charge on any atom is 0.329 e. The van der Waals surface area contributed by atoms with E-state index >= 15 is 0 Å². The smallest absolute Gasteiger partial charge is 0.329 e. The number of nitrogens with zero attached hydrogens (tertiary/aromatic N) is 9. The van der Waals surface area contributed by atoms with Crippen LogP contribution in [0.3, 0.4) is 0 Å². The lowest BCUT2D eigenvalue weighted by Gasteiger charge is -2.36. The first kappa shape index (κ1) is 41.1. The van der Waals surface area contributed by atoms with Crippen LogP contribution in [0.2, 0.25) is 0 Å². The predicted molar refractivity (Wildman–Crippen MR) is 226 cm³/mol. The first-order valence-corrected chi connectivity index (χ1v) is 21.9. The number of morpholine rings is 1. The van der Waals surface area contributed by atoms with Gasteiger partial charge < -0.3 is 24.6 Å². The van der Waals surface area contributed by atoms with E-state index in [4.69, 9.17) is 14.5 Å². The Bertz CT molecular complexity index is 2700. The van der Waals surface area contributed by atoms with Crippen LogP contribution in [0.25, 0.3) is 16.7 Å². The molecule has 0 radical (unpaired) electrons. The topological polar surface area (TPSA) is 175 Å². The van der Waals surface area contributed by atoms with E-state index in [9.17, 15) is 28.0 Å². The number of aryl methyl sites for hydroxylation is 1. The Morgan fingerprint density at radius 2 is 1.89 bits per heavy atom. The fourth-order valence-corrected chi connectivity index (χ4v) is 10.2. The van der Waals surface area contributed by atoms with E-state index in [2.05, 4.69) is 42.5 Å². The number of carbonyl (C=O) groups excluding carboxylic acids is 3. The van der Waals surface area contributed by atoms with Crippen molar-refractivity contribution < 1.29 is 32.6 Å². The van der Waals surface area contributed by atoms with Crippen molar-refractivity contribution in [1.29, 1.82) is 0 Å². The van der Waals surface area contributed by atoms with Gasteiger partial charge in [-0.25, -0.2) is 23.1 Å². The number of ether oxygens (including phenoxy) is 2. The SMILES string of the molecule is Cn1c(=O)n(C2CCC(=O)NC2=O)c2cccc(C#CCOC3CCN(C[C@H]4CC[C@H](n5cc(NC(=O)c6cnn7ccc(N8CC9C[C@H]8CO9)nc67)c(C(F)F)n5)CC4)CC3)c21. The zero-order valence-corrected chi connectivity index (χ0v) is 34.9. The van der Waals surface area contributed by atoms with Crippen LogP contribution in [0.4, 0.5) is 20.3 Å². The van der Waals surface area contributed by atoms with E-state index in [0.29, 0.717) is 34.8 Å². The number of likely N-dealkylation sites (tertiary alicyclic amines) is 1. The highest BCUT2D eigenvalue weighted by molar-refractivity contribution is 6.08. The molecule has 5 fully saturated rings. The molecule has 3 atom stereocenters. The zero-order chi connectivity index (χ0) is 43.4. The number of hydrogen-bond donors (Lipinski definition) is 2. The molecule has 63 heavy (non-hydrogen) atoms. The molecular formula is C44H49F2N11O6. The lowest BCUT2D eigenvalue weighted by molar-refractivity contribution is -0.135. The van der Waals surface area contributed by atoms with Crippen LogP contribution in [0, 0.1) is 17.8 Å². The summed E-state index contributed by atoms with van der Waals surface area (Å²) in [6.07, 6.45) is 8.73. The highest BCUT2D eigenvalue weighted by atomic mass is 19.3. The number of piperidine rings is 2. The summed E-state index contributed by atoms with van der Waals surface area (Å²) in [7, 11) is 1.66. The summed E-state index contributed by atoms with van der Waals surface area (Å²) in [5.41, 5.74) is 1.62. The number of fused-ring (bicyclic) bond motifs is 4. The third-order valence-electron chi connectivity index (χ3n) is 13.5. The minimum absolute atomic E-state index is 0.0104. The Morgan fingerprint density at radius 1 is 1.06 bits per heavy atom. The Balaban J connectivity index is 0.700. The van der Waals surface area contributed by atoms with Gasteiger partial charge in [0.1, 0.15) is 24.0 Å². The van der Waals surface area contributed by atoms with Crippen molar-refractivity contribution in [1.82, 2.24) is 43.7 Å². The Labute approximate surface area is 360 Å². The van der Waals surface area contributed by atoms with Gasteiger partial charge in [-0.1, -0.05) is 17.9 Å². The summed E-state index contributed by atoms with van der Waals surface area (Å²) >= 11 is 0. The fraction of sp³-hybridized carbons (Fsp3) is 0.523. The van der Waals surface area contributed by atoms with Crippen molar-refractivity contribution in [2.45, 2.75) is 94.5 Å². The van der Waals surface area contributed by atoms with Crippen LogP contribution in [0.1, 0.15) is 97.9 Å². The molecule has 3 amide bonds. The molecule has 2 bridgehead atoms. The summed E-state index contributed by atoms with van der Waals surface area (Å²) in [4.78, 5) is 60.5. The number of rotatable bonds is 10. The molecule has 1 saturated carbocycles. The average Bonchev–Trinajstić information content (AvgIpc) is 4.13. The van der Waals surface area contributed by atoms with Gasteiger partial charge in [0, 0.05) is 52.0 Å². The number of halogens is 2. The summed E-state index contributed by atoms with van der Waals surface area (Å²) in [5.74, 6) is 6.11. The Kier molecular flexibility index (Phi) is 11.1. The molecule has 330 valence electrons. The molecule has 4 aliphatic heterocycles.